The Bertz CT molecular complexity index is 476. The highest BCUT2D eigenvalue weighted by Gasteiger charge is 2.13. The largest absolute Gasteiger partial charge is 0.497 e. The minimum Gasteiger partial charge on any atom is -0.497 e. The Kier molecular flexibility index (Phi) is 3.44. The lowest BCUT2D eigenvalue weighted by Crippen LogP contribution is -2.20. The summed E-state index contributed by atoms with van der Waals surface area (Å²) in [5.41, 5.74) is 7.02. The van der Waals surface area contributed by atoms with Gasteiger partial charge in [-0.25, -0.2) is 4.98 Å². The minimum absolute atomic E-state index is 0.128. The predicted molar refractivity (Wildman–Crippen MR) is 67.2 cm³/mol. The van der Waals surface area contributed by atoms with Crippen LogP contribution in [0.5, 0.6) is 5.75 Å². The van der Waals surface area contributed by atoms with Crippen molar-refractivity contribution < 1.29 is 4.74 Å². The Morgan fingerprint density at radius 3 is 2.53 bits per heavy atom. The lowest BCUT2D eigenvalue weighted by atomic mass is 10.1. The van der Waals surface area contributed by atoms with Gasteiger partial charge in [-0.2, -0.15) is 0 Å². The maximum atomic E-state index is 5.86. The van der Waals surface area contributed by atoms with E-state index in [9.17, 15) is 0 Å². The minimum atomic E-state index is 0.128. The quantitative estimate of drug-likeness (QED) is 0.872. The molecule has 4 heteroatoms. The van der Waals surface area contributed by atoms with Gasteiger partial charge in [-0.15, -0.1) is 0 Å². The van der Waals surface area contributed by atoms with Gasteiger partial charge in [-0.3, -0.25) is 0 Å². The lowest BCUT2D eigenvalue weighted by Gasteiger charge is -2.18. The molecule has 1 aromatic carbocycles. The number of nitrogens with zero attached hydrogens (tertiary/aromatic N) is 2. The van der Waals surface area contributed by atoms with Crippen LogP contribution in [-0.2, 0) is 0 Å². The highest BCUT2D eigenvalue weighted by Crippen LogP contribution is 2.21. The first-order valence-corrected chi connectivity index (χ1v) is 5.59. The van der Waals surface area contributed by atoms with Crippen LogP contribution in [0.25, 0.3) is 0 Å². The van der Waals surface area contributed by atoms with Crippen LogP contribution in [0.2, 0.25) is 0 Å². The third-order valence-corrected chi connectivity index (χ3v) is 2.92. The van der Waals surface area contributed by atoms with E-state index in [4.69, 9.17) is 10.5 Å². The number of nitrogens with two attached hydrogens (primary N) is 1. The van der Waals surface area contributed by atoms with Gasteiger partial charge in [-0.05, 0) is 24.6 Å². The molecule has 2 N–H and O–H groups in total. The normalized spacial score (nSPS) is 12.4. The Morgan fingerprint density at radius 1 is 1.35 bits per heavy atom. The SMILES string of the molecule is COc1ccc(C(CN)n2ccnc2C)cc1. The molecule has 0 aliphatic rings. The molecule has 1 atom stereocenters. The second kappa shape index (κ2) is 5.01. The third-order valence-electron chi connectivity index (χ3n) is 2.92. The van der Waals surface area contributed by atoms with Gasteiger partial charge in [0.25, 0.3) is 0 Å². The summed E-state index contributed by atoms with van der Waals surface area (Å²) in [4.78, 5) is 4.23. The maximum absolute atomic E-state index is 5.86. The summed E-state index contributed by atoms with van der Waals surface area (Å²) in [5.74, 6) is 1.82. The van der Waals surface area contributed by atoms with Crippen LogP contribution >= 0.6 is 0 Å². The highest BCUT2D eigenvalue weighted by molar-refractivity contribution is 5.30. The highest BCUT2D eigenvalue weighted by atomic mass is 16.5. The van der Waals surface area contributed by atoms with Crippen molar-refractivity contribution in [1.29, 1.82) is 0 Å². The fraction of sp³-hybridized carbons (Fsp3) is 0.308. The maximum Gasteiger partial charge on any atom is 0.118 e. The summed E-state index contributed by atoms with van der Waals surface area (Å²) < 4.78 is 7.23. The molecule has 0 saturated carbocycles. The van der Waals surface area contributed by atoms with E-state index in [2.05, 4.69) is 9.55 Å². The van der Waals surface area contributed by atoms with E-state index in [0.717, 1.165) is 17.1 Å². The van der Waals surface area contributed by atoms with E-state index in [0.29, 0.717) is 6.54 Å². The number of imidazole rings is 1. The van der Waals surface area contributed by atoms with E-state index in [-0.39, 0.29) is 6.04 Å². The van der Waals surface area contributed by atoms with Crippen molar-refractivity contribution >= 4 is 0 Å². The molecule has 0 amide bonds. The lowest BCUT2D eigenvalue weighted by molar-refractivity contribution is 0.414. The molecule has 0 aliphatic carbocycles. The summed E-state index contributed by atoms with van der Waals surface area (Å²) in [7, 11) is 1.66. The molecule has 17 heavy (non-hydrogen) atoms. The van der Waals surface area contributed by atoms with Gasteiger partial charge in [0.2, 0.25) is 0 Å². The molecule has 2 rings (SSSR count). The molecule has 90 valence electrons. The van der Waals surface area contributed by atoms with Crippen LogP contribution in [0.1, 0.15) is 17.4 Å². The van der Waals surface area contributed by atoms with E-state index in [1.807, 2.05) is 37.4 Å². The zero-order valence-corrected chi connectivity index (χ0v) is 10.1. The van der Waals surface area contributed by atoms with E-state index >= 15 is 0 Å². The number of methoxy groups -OCH3 is 1. The first-order valence-electron chi connectivity index (χ1n) is 5.59. The van der Waals surface area contributed by atoms with Crippen LogP contribution in [-0.4, -0.2) is 23.2 Å². The van der Waals surface area contributed by atoms with Crippen LogP contribution in [0.15, 0.2) is 36.7 Å². The second-order valence-corrected chi connectivity index (χ2v) is 3.91. The summed E-state index contributed by atoms with van der Waals surface area (Å²) >= 11 is 0. The van der Waals surface area contributed by atoms with Crippen molar-refractivity contribution in [2.45, 2.75) is 13.0 Å². The standard InChI is InChI=1S/C13H17N3O/c1-10-15-7-8-16(10)13(9-14)11-3-5-12(17-2)6-4-11/h3-8,13H,9,14H2,1-2H3. The average molecular weight is 231 g/mol. The molecule has 0 saturated heterocycles. The number of benzene rings is 1. The number of rotatable bonds is 4. The molecule has 1 heterocycles. The van der Waals surface area contributed by atoms with E-state index in [1.54, 1.807) is 13.3 Å². The molecular formula is C13H17N3O. The molecule has 0 spiro atoms. The van der Waals surface area contributed by atoms with Gasteiger partial charge in [0.05, 0.1) is 13.2 Å². The topological polar surface area (TPSA) is 53.1 Å². The molecule has 2 aromatic rings. The fourth-order valence-electron chi connectivity index (χ4n) is 1.95. The summed E-state index contributed by atoms with van der Waals surface area (Å²) in [6.45, 7) is 2.52. The Balaban J connectivity index is 2.32. The Labute approximate surface area is 101 Å². The third kappa shape index (κ3) is 2.31. The Hall–Kier alpha value is -1.81. The second-order valence-electron chi connectivity index (χ2n) is 3.91. The smallest absolute Gasteiger partial charge is 0.118 e. The number of hydrogen-bond donors (Lipinski definition) is 1. The first-order chi connectivity index (χ1) is 8.26. The molecule has 0 fully saturated rings. The molecule has 1 aromatic heterocycles. The summed E-state index contributed by atoms with van der Waals surface area (Å²) in [6, 6.07) is 8.10. The Morgan fingerprint density at radius 2 is 2.06 bits per heavy atom. The van der Waals surface area contributed by atoms with Gasteiger partial charge in [0, 0.05) is 18.9 Å². The van der Waals surface area contributed by atoms with Crippen molar-refractivity contribution in [1.82, 2.24) is 9.55 Å². The number of hydrogen-bond acceptors (Lipinski definition) is 3. The average Bonchev–Trinajstić information content (AvgIpc) is 2.78. The number of aryl methyl sites for hydroxylation is 1. The van der Waals surface area contributed by atoms with Crippen LogP contribution < -0.4 is 10.5 Å². The van der Waals surface area contributed by atoms with Crippen LogP contribution in [0.4, 0.5) is 0 Å². The van der Waals surface area contributed by atoms with Crippen molar-refractivity contribution in [2.24, 2.45) is 5.73 Å². The van der Waals surface area contributed by atoms with Gasteiger partial charge >= 0.3 is 0 Å². The number of ether oxygens (including phenoxy) is 1. The monoisotopic (exact) mass is 231 g/mol. The van der Waals surface area contributed by atoms with E-state index in [1.165, 1.54) is 0 Å². The number of aromatic nitrogens is 2. The van der Waals surface area contributed by atoms with Gasteiger partial charge in [0.15, 0.2) is 0 Å². The first kappa shape index (κ1) is 11.7. The molecule has 4 nitrogen and oxygen atoms in total. The van der Waals surface area contributed by atoms with Gasteiger partial charge in [-0.1, -0.05) is 12.1 Å². The van der Waals surface area contributed by atoms with Gasteiger partial charge < -0.3 is 15.0 Å². The summed E-state index contributed by atoms with van der Waals surface area (Å²) in [5, 5.41) is 0. The van der Waals surface area contributed by atoms with Crippen molar-refractivity contribution in [2.75, 3.05) is 13.7 Å². The van der Waals surface area contributed by atoms with Crippen LogP contribution in [0.3, 0.4) is 0 Å². The summed E-state index contributed by atoms with van der Waals surface area (Å²) in [6.07, 6.45) is 3.75. The van der Waals surface area contributed by atoms with Crippen molar-refractivity contribution in [3.8, 4) is 5.75 Å². The molecule has 0 radical (unpaired) electrons. The van der Waals surface area contributed by atoms with Gasteiger partial charge in [0.1, 0.15) is 11.6 Å². The molecule has 0 aliphatic heterocycles. The fourth-order valence-corrected chi connectivity index (χ4v) is 1.95. The van der Waals surface area contributed by atoms with E-state index < -0.39 is 0 Å². The molecular weight excluding hydrogens is 214 g/mol. The molecule has 0 bridgehead atoms. The zero-order valence-electron chi connectivity index (χ0n) is 10.1. The van der Waals surface area contributed by atoms with Crippen molar-refractivity contribution in [3.63, 3.8) is 0 Å². The van der Waals surface area contributed by atoms with Crippen LogP contribution in [0, 0.1) is 6.92 Å². The predicted octanol–water partition coefficient (Wildman–Crippen LogP) is 1.75. The zero-order chi connectivity index (χ0) is 12.3. The molecule has 1 unspecified atom stereocenters. The van der Waals surface area contributed by atoms with Crippen molar-refractivity contribution in [3.05, 3.63) is 48.0 Å².